The number of aromatic amines is 1. The molecule has 2 rings (SSSR count). The van der Waals surface area contributed by atoms with Crippen molar-refractivity contribution in [1.82, 2.24) is 19.8 Å². The molecule has 1 aromatic rings. The lowest BCUT2D eigenvalue weighted by atomic mass is 9.89. The molecule has 0 saturated heterocycles. The van der Waals surface area contributed by atoms with Gasteiger partial charge in [-0.15, -0.1) is 0 Å². The van der Waals surface area contributed by atoms with E-state index in [-0.39, 0.29) is 5.03 Å². The van der Waals surface area contributed by atoms with Crippen molar-refractivity contribution in [2.75, 3.05) is 20.6 Å². The van der Waals surface area contributed by atoms with Crippen molar-refractivity contribution >= 4 is 10.0 Å². The van der Waals surface area contributed by atoms with Crippen molar-refractivity contribution in [2.24, 2.45) is 5.92 Å². The second-order valence-electron chi connectivity index (χ2n) is 5.95. The maximum absolute atomic E-state index is 12.7. The van der Waals surface area contributed by atoms with Crippen molar-refractivity contribution in [2.45, 2.75) is 50.6 Å². The molecular formula is C14H26N4O2S. The number of hydrogen-bond acceptors (Lipinski definition) is 4. The smallest absolute Gasteiger partial charge is 0.262 e. The predicted octanol–water partition coefficient (Wildman–Crippen LogP) is 1.64. The van der Waals surface area contributed by atoms with E-state index in [1.807, 2.05) is 6.92 Å². The Hall–Kier alpha value is -0.920. The molecule has 0 atom stereocenters. The fourth-order valence-electron chi connectivity index (χ4n) is 3.01. The molecule has 0 aliphatic heterocycles. The lowest BCUT2D eigenvalue weighted by molar-refractivity contribution is 0.299. The summed E-state index contributed by atoms with van der Waals surface area (Å²) >= 11 is 0. The Balaban J connectivity index is 2.16. The number of hydrogen-bond donors (Lipinski definition) is 2. The number of sulfonamides is 1. The summed E-state index contributed by atoms with van der Waals surface area (Å²) < 4.78 is 26.9. The van der Waals surface area contributed by atoms with Crippen LogP contribution in [0.1, 0.15) is 43.4 Å². The minimum atomic E-state index is -3.52. The molecule has 1 heterocycles. The van der Waals surface area contributed by atoms with Crippen LogP contribution in [0.2, 0.25) is 0 Å². The topological polar surface area (TPSA) is 78.1 Å². The summed E-state index contributed by atoms with van der Waals surface area (Å²) in [7, 11) is -0.0554. The van der Waals surface area contributed by atoms with Crippen LogP contribution in [0.5, 0.6) is 0 Å². The molecule has 0 amide bonds. The van der Waals surface area contributed by atoms with Crippen LogP contribution in [0.25, 0.3) is 0 Å². The van der Waals surface area contributed by atoms with E-state index in [0.717, 1.165) is 24.1 Å². The van der Waals surface area contributed by atoms with Gasteiger partial charge in [0.05, 0.1) is 0 Å². The van der Waals surface area contributed by atoms with Crippen molar-refractivity contribution in [3.05, 3.63) is 11.3 Å². The Bertz CT molecular complexity index is 562. The molecule has 0 spiro atoms. The third-order valence-corrected chi connectivity index (χ3v) is 6.08. The summed E-state index contributed by atoms with van der Waals surface area (Å²) in [5, 5.41) is 9.98. The van der Waals surface area contributed by atoms with Crippen LogP contribution in [0, 0.1) is 12.8 Å². The third-order valence-electron chi connectivity index (χ3n) is 4.28. The fraction of sp³-hybridized carbons (Fsp3) is 0.786. The molecular weight excluding hydrogens is 288 g/mol. The first kappa shape index (κ1) is 16.5. The number of aryl methyl sites for hydroxylation is 1. The van der Waals surface area contributed by atoms with Crippen LogP contribution < -0.4 is 5.32 Å². The van der Waals surface area contributed by atoms with Crippen LogP contribution in [-0.2, 0) is 16.6 Å². The molecule has 0 unspecified atom stereocenters. The van der Waals surface area contributed by atoms with Gasteiger partial charge in [0, 0.05) is 31.4 Å². The minimum Gasteiger partial charge on any atom is -0.316 e. The molecule has 21 heavy (non-hydrogen) atoms. The molecule has 0 bridgehead atoms. The predicted molar refractivity (Wildman–Crippen MR) is 82.5 cm³/mol. The first-order chi connectivity index (χ1) is 9.96. The standard InChI is InChI=1S/C14H26N4O2S/c1-11-13(9-15-2)14(17-16-11)21(19,20)18(3)10-12-7-5-4-6-8-12/h12,15H,4-10H2,1-3H3,(H,16,17). The molecule has 0 radical (unpaired) electrons. The van der Waals surface area contributed by atoms with Gasteiger partial charge in [-0.1, -0.05) is 19.3 Å². The second-order valence-corrected chi connectivity index (χ2v) is 7.91. The SMILES string of the molecule is CNCc1c(S(=O)(=O)N(C)CC2CCCCC2)n[nH]c1C. The van der Waals surface area contributed by atoms with Crippen LogP contribution in [0.3, 0.4) is 0 Å². The molecule has 1 saturated carbocycles. The first-order valence-electron chi connectivity index (χ1n) is 7.61. The highest BCUT2D eigenvalue weighted by Crippen LogP contribution is 2.26. The lowest BCUT2D eigenvalue weighted by Crippen LogP contribution is -2.33. The second kappa shape index (κ2) is 6.89. The van der Waals surface area contributed by atoms with Gasteiger partial charge in [-0.3, -0.25) is 5.10 Å². The van der Waals surface area contributed by atoms with Gasteiger partial charge in [-0.2, -0.15) is 9.40 Å². The van der Waals surface area contributed by atoms with Crippen LogP contribution in [0.4, 0.5) is 0 Å². The number of H-pyrrole nitrogens is 1. The van der Waals surface area contributed by atoms with E-state index in [1.54, 1.807) is 14.1 Å². The normalized spacial score (nSPS) is 17.5. The zero-order valence-corrected chi connectivity index (χ0v) is 14.0. The van der Waals surface area contributed by atoms with Crippen molar-refractivity contribution < 1.29 is 8.42 Å². The van der Waals surface area contributed by atoms with Gasteiger partial charge >= 0.3 is 0 Å². The summed E-state index contributed by atoms with van der Waals surface area (Å²) in [5.74, 6) is 0.478. The molecule has 0 aromatic carbocycles. The van der Waals surface area contributed by atoms with Crippen molar-refractivity contribution in [3.8, 4) is 0 Å². The Kier molecular flexibility index (Phi) is 5.40. The zero-order valence-electron chi connectivity index (χ0n) is 13.1. The zero-order chi connectivity index (χ0) is 15.5. The highest BCUT2D eigenvalue weighted by molar-refractivity contribution is 7.89. The van der Waals surface area contributed by atoms with Gasteiger partial charge in [0.15, 0.2) is 5.03 Å². The number of aromatic nitrogens is 2. The van der Waals surface area contributed by atoms with E-state index in [2.05, 4.69) is 15.5 Å². The molecule has 1 aliphatic carbocycles. The molecule has 1 fully saturated rings. The fourth-order valence-corrected chi connectivity index (χ4v) is 4.41. The van der Waals surface area contributed by atoms with Crippen LogP contribution in [-0.4, -0.2) is 43.6 Å². The highest BCUT2D eigenvalue weighted by atomic mass is 32.2. The summed E-state index contributed by atoms with van der Waals surface area (Å²) in [6.45, 7) is 2.93. The monoisotopic (exact) mass is 314 g/mol. The van der Waals surface area contributed by atoms with E-state index in [9.17, 15) is 8.42 Å². The van der Waals surface area contributed by atoms with Crippen LogP contribution >= 0.6 is 0 Å². The molecule has 6 nitrogen and oxygen atoms in total. The quantitative estimate of drug-likeness (QED) is 0.837. The summed E-state index contributed by atoms with van der Waals surface area (Å²) in [6.07, 6.45) is 5.96. The minimum absolute atomic E-state index is 0.160. The molecule has 2 N–H and O–H groups in total. The average Bonchev–Trinajstić information content (AvgIpc) is 2.82. The van der Waals surface area contributed by atoms with E-state index >= 15 is 0 Å². The maximum atomic E-state index is 12.7. The lowest BCUT2D eigenvalue weighted by Gasteiger charge is -2.26. The Morgan fingerprint density at radius 3 is 2.62 bits per heavy atom. The molecule has 1 aliphatic rings. The van der Waals surface area contributed by atoms with Gasteiger partial charge < -0.3 is 5.32 Å². The maximum Gasteiger partial charge on any atom is 0.262 e. The Morgan fingerprint density at radius 1 is 1.33 bits per heavy atom. The van der Waals surface area contributed by atoms with Crippen LogP contribution in [0.15, 0.2) is 5.03 Å². The Morgan fingerprint density at radius 2 is 2.00 bits per heavy atom. The highest BCUT2D eigenvalue weighted by Gasteiger charge is 2.29. The van der Waals surface area contributed by atoms with Crippen molar-refractivity contribution in [3.63, 3.8) is 0 Å². The van der Waals surface area contributed by atoms with Gasteiger partial charge in [0.1, 0.15) is 0 Å². The number of nitrogens with one attached hydrogen (secondary N) is 2. The summed E-state index contributed by atoms with van der Waals surface area (Å²) in [4.78, 5) is 0. The third kappa shape index (κ3) is 3.64. The van der Waals surface area contributed by atoms with Gasteiger partial charge in [0.25, 0.3) is 10.0 Å². The van der Waals surface area contributed by atoms with Gasteiger partial charge in [-0.05, 0) is 32.7 Å². The van der Waals surface area contributed by atoms with Gasteiger partial charge in [0.2, 0.25) is 0 Å². The Labute approximate surface area is 127 Å². The largest absolute Gasteiger partial charge is 0.316 e. The molecule has 1 aromatic heterocycles. The molecule has 120 valence electrons. The van der Waals surface area contributed by atoms with Gasteiger partial charge in [-0.25, -0.2) is 8.42 Å². The van der Waals surface area contributed by atoms with Crippen molar-refractivity contribution in [1.29, 1.82) is 0 Å². The number of rotatable bonds is 6. The van der Waals surface area contributed by atoms with E-state index in [1.165, 1.54) is 23.6 Å². The number of nitrogens with zero attached hydrogens (tertiary/aromatic N) is 2. The first-order valence-corrected chi connectivity index (χ1v) is 9.05. The average molecular weight is 314 g/mol. The van der Waals surface area contributed by atoms with E-state index in [0.29, 0.717) is 19.0 Å². The van der Waals surface area contributed by atoms with E-state index < -0.39 is 10.0 Å². The van der Waals surface area contributed by atoms with E-state index in [4.69, 9.17) is 0 Å². The summed E-state index contributed by atoms with van der Waals surface area (Å²) in [6, 6.07) is 0. The molecule has 7 heteroatoms. The summed E-state index contributed by atoms with van der Waals surface area (Å²) in [5.41, 5.74) is 1.53.